The Hall–Kier alpha value is -1.75. The van der Waals surface area contributed by atoms with Gasteiger partial charge in [0.2, 0.25) is 5.91 Å². The van der Waals surface area contributed by atoms with Gasteiger partial charge in [0.1, 0.15) is 11.2 Å². The van der Waals surface area contributed by atoms with Crippen molar-refractivity contribution >= 4 is 23.5 Å². The molecule has 0 radical (unpaired) electrons. The highest BCUT2D eigenvalue weighted by Gasteiger charge is 2.58. The Morgan fingerprint density at radius 2 is 2.10 bits per heavy atom. The van der Waals surface area contributed by atoms with Crippen molar-refractivity contribution in [3.8, 4) is 5.75 Å². The normalized spacial score (nSPS) is 15.6. The Kier molecular flexibility index (Phi) is 3.90. The van der Waals surface area contributed by atoms with E-state index in [1.54, 1.807) is 25.2 Å². The maximum Gasteiger partial charge on any atom is 0.319 e. The quantitative estimate of drug-likeness (QED) is 0.846. The number of carbonyl (C=O) groups is 2. The summed E-state index contributed by atoms with van der Waals surface area (Å²) in [5.74, 6) is -0.798. The van der Waals surface area contributed by atoms with Gasteiger partial charge >= 0.3 is 5.97 Å². The minimum atomic E-state index is -1.22. The number of hydrogen-bond acceptors (Lipinski definition) is 3. The minimum Gasteiger partial charge on any atom is -0.496 e. The lowest BCUT2D eigenvalue weighted by molar-refractivity contribution is -0.153. The zero-order valence-electron chi connectivity index (χ0n) is 11.4. The van der Waals surface area contributed by atoms with Crippen molar-refractivity contribution in [2.45, 2.75) is 19.4 Å². The first-order chi connectivity index (χ1) is 9.40. The van der Waals surface area contributed by atoms with E-state index in [-0.39, 0.29) is 12.5 Å². The van der Waals surface area contributed by atoms with Gasteiger partial charge in [-0.3, -0.25) is 9.59 Å². The first-order valence-electron chi connectivity index (χ1n) is 6.22. The maximum absolute atomic E-state index is 12.2. The van der Waals surface area contributed by atoms with E-state index in [0.29, 0.717) is 23.6 Å². The number of carbonyl (C=O) groups excluding carboxylic acids is 1. The number of hydrogen-bond donors (Lipinski definition) is 1. The van der Waals surface area contributed by atoms with Crippen LogP contribution in [0.25, 0.3) is 0 Å². The molecule has 0 aromatic heterocycles. The van der Waals surface area contributed by atoms with Crippen molar-refractivity contribution in [1.29, 1.82) is 0 Å². The van der Waals surface area contributed by atoms with Crippen LogP contribution in [0.1, 0.15) is 18.4 Å². The highest BCUT2D eigenvalue weighted by atomic mass is 35.5. The molecule has 108 valence electrons. The number of aliphatic carboxylic acids is 1. The van der Waals surface area contributed by atoms with Crippen LogP contribution >= 0.6 is 11.6 Å². The van der Waals surface area contributed by atoms with Gasteiger partial charge in [0, 0.05) is 24.2 Å². The van der Waals surface area contributed by atoms with Crippen molar-refractivity contribution in [3.63, 3.8) is 0 Å². The molecule has 1 amide bonds. The predicted molar refractivity (Wildman–Crippen MR) is 73.8 cm³/mol. The van der Waals surface area contributed by atoms with Gasteiger partial charge in [0.05, 0.1) is 7.11 Å². The molecule has 5 nitrogen and oxygen atoms in total. The average Bonchev–Trinajstić information content (AvgIpc) is 3.19. The zero-order chi connectivity index (χ0) is 14.9. The van der Waals surface area contributed by atoms with E-state index in [1.807, 2.05) is 0 Å². The Morgan fingerprint density at radius 1 is 1.45 bits per heavy atom. The summed E-state index contributed by atoms with van der Waals surface area (Å²) in [5, 5.41) is 9.68. The van der Waals surface area contributed by atoms with Crippen LogP contribution in [-0.2, 0) is 16.1 Å². The van der Waals surface area contributed by atoms with Gasteiger partial charge in [-0.25, -0.2) is 0 Å². The third-order valence-electron chi connectivity index (χ3n) is 3.57. The Balaban J connectivity index is 2.16. The fourth-order valence-electron chi connectivity index (χ4n) is 2.21. The van der Waals surface area contributed by atoms with Gasteiger partial charge < -0.3 is 14.7 Å². The van der Waals surface area contributed by atoms with Crippen molar-refractivity contribution in [1.82, 2.24) is 4.90 Å². The molecule has 1 aromatic rings. The molecule has 2 rings (SSSR count). The summed E-state index contributed by atoms with van der Waals surface area (Å²) in [5.41, 5.74) is -0.474. The van der Waals surface area contributed by atoms with Crippen LogP contribution in [0.4, 0.5) is 0 Å². The van der Waals surface area contributed by atoms with Crippen molar-refractivity contribution in [3.05, 3.63) is 28.8 Å². The molecule has 0 atom stereocenters. The van der Waals surface area contributed by atoms with Crippen LogP contribution in [0.2, 0.25) is 5.02 Å². The summed E-state index contributed by atoms with van der Waals surface area (Å²) in [4.78, 5) is 24.8. The van der Waals surface area contributed by atoms with Crippen molar-refractivity contribution in [2.24, 2.45) is 5.41 Å². The van der Waals surface area contributed by atoms with Gasteiger partial charge in [-0.15, -0.1) is 0 Å². The molecule has 0 bridgehead atoms. The van der Waals surface area contributed by atoms with Crippen molar-refractivity contribution in [2.75, 3.05) is 14.2 Å². The Labute approximate surface area is 122 Å². The second-order valence-corrected chi connectivity index (χ2v) is 5.44. The number of carboxylic acids is 1. The fourth-order valence-corrected chi connectivity index (χ4v) is 2.40. The summed E-state index contributed by atoms with van der Waals surface area (Å²) in [6.07, 6.45) is 0.802. The molecule has 0 saturated heterocycles. The smallest absolute Gasteiger partial charge is 0.319 e. The van der Waals surface area contributed by atoms with E-state index in [1.165, 1.54) is 12.0 Å². The van der Waals surface area contributed by atoms with Crippen LogP contribution in [0.3, 0.4) is 0 Å². The summed E-state index contributed by atoms with van der Waals surface area (Å²) in [6, 6.07) is 5.13. The summed E-state index contributed by atoms with van der Waals surface area (Å²) >= 11 is 5.94. The first-order valence-corrected chi connectivity index (χ1v) is 6.60. The van der Waals surface area contributed by atoms with Gasteiger partial charge in [-0.1, -0.05) is 11.6 Å². The number of benzene rings is 1. The molecule has 0 aliphatic heterocycles. The molecular formula is C14H16ClNO4. The van der Waals surface area contributed by atoms with Gasteiger partial charge in [-0.2, -0.15) is 0 Å². The lowest BCUT2D eigenvalue weighted by Crippen LogP contribution is -2.38. The van der Waals surface area contributed by atoms with E-state index in [9.17, 15) is 9.59 Å². The zero-order valence-corrected chi connectivity index (χ0v) is 12.1. The van der Waals surface area contributed by atoms with E-state index in [2.05, 4.69) is 0 Å². The van der Waals surface area contributed by atoms with Crippen LogP contribution in [0, 0.1) is 5.41 Å². The number of amides is 1. The Bertz CT molecular complexity index is 554. The molecule has 1 aliphatic carbocycles. The largest absolute Gasteiger partial charge is 0.496 e. The molecule has 1 aliphatic rings. The SMILES string of the molecule is COc1ccc(Cl)cc1CN(C)C(=O)C1(C(=O)O)CC1. The molecule has 20 heavy (non-hydrogen) atoms. The van der Waals surface area contributed by atoms with E-state index < -0.39 is 11.4 Å². The fraction of sp³-hybridized carbons (Fsp3) is 0.429. The second kappa shape index (κ2) is 5.32. The number of halogens is 1. The molecule has 1 N–H and O–H groups in total. The van der Waals surface area contributed by atoms with Gasteiger partial charge in [0.25, 0.3) is 0 Å². The molecule has 0 unspecified atom stereocenters. The van der Waals surface area contributed by atoms with E-state index in [0.717, 1.165) is 5.56 Å². The van der Waals surface area contributed by atoms with Crippen LogP contribution in [0.5, 0.6) is 5.75 Å². The summed E-state index contributed by atoms with van der Waals surface area (Å²) in [6.45, 7) is 0.262. The molecule has 1 aromatic carbocycles. The number of rotatable bonds is 5. The summed E-state index contributed by atoms with van der Waals surface area (Å²) < 4.78 is 5.22. The standard InChI is InChI=1S/C14H16ClNO4/c1-16(12(17)14(5-6-14)13(18)19)8-9-7-10(15)3-4-11(9)20-2/h3-4,7H,5-6,8H2,1-2H3,(H,18,19). The van der Waals surface area contributed by atoms with Gasteiger partial charge in [-0.05, 0) is 31.0 Å². The molecule has 0 spiro atoms. The summed E-state index contributed by atoms with van der Waals surface area (Å²) in [7, 11) is 3.12. The molecule has 1 saturated carbocycles. The lowest BCUT2D eigenvalue weighted by Gasteiger charge is -2.22. The van der Waals surface area contributed by atoms with Crippen LogP contribution in [0.15, 0.2) is 18.2 Å². The Morgan fingerprint density at radius 3 is 2.60 bits per heavy atom. The number of methoxy groups -OCH3 is 1. The third kappa shape index (κ3) is 2.58. The molecular weight excluding hydrogens is 282 g/mol. The lowest BCUT2D eigenvalue weighted by atomic mass is 10.1. The highest BCUT2D eigenvalue weighted by Crippen LogP contribution is 2.47. The van der Waals surface area contributed by atoms with Crippen LogP contribution in [-0.4, -0.2) is 36.0 Å². The van der Waals surface area contributed by atoms with E-state index >= 15 is 0 Å². The predicted octanol–water partition coefficient (Wildman–Crippen LogP) is 2.17. The average molecular weight is 298 g/mol. The maximum atomic E-state index is 12.2. The number of ether oxygens (including phenoxy) is 1. The number of nitrogens with zero attached hydrogens (tertiary/aromatic N) is 1. The monoisotopic (exact) mass is 297 g/mol. The topological polar surface area (TPSA) is 66.8 Å². The highest BCUT2D eigenvalue weighted by molar-refractivity contribution is 6.30. The number of carboxylic acid groups (broad SMARTS) is 1. The minimum absolute atomic E-state index is 0.262. The second-order valence-electron chi connectivity index (χ2n) is 5.00. The molecule has 6 heteroatoms. The molecule has 1 fully saturated rings. The van der Waals surface area contributed by atoms with Crippen molar-refractivity contribution < 1.29 is 19.4 Å². The third-order valence-corrected chi connectivity index (χ3v) is 3.80. The van der Waals surface area contributed by atoms with Crippen LogP contribution < -0.4 is 4.74 Å². The van der Waals surface area contributed by atoms with E-state index in [4.69, 9.17) is 21.4 Å². The van der Waals surface area contributed by atoms with Gasteiger partial charge in [0.15, 0.2) is 0 Å². The molecule has 0 heterocycles. The first kappa shape index (κ1) is 14.7.